The number of para-hydroxylation sites is 1. The quantitative estimate of drug-likeness (QED) is 0.471. The van der Waals surface area contributed by atoms with Crippen molar-refractivity contribution >= 4 is 21.6 Å². The molecule has 33 heavy (non-hydrogen) atoms. The Balaban J connectivity index is 1.83. The van der Waals surface area contributed by atoms with Crippen LogP contribution in [0.3, 0.4) is 0 Å². The number of nitrogens with zero attached hydrogens (tertiary/aromatic N) is 5. The topological polar surface area (TPSA) is 128 Å². The minimum atomic E-state index is -3.83. The van der Waals surface area contributed by atoms with Crippen LogP contribution in [0.5, 0.6) is 5.75 Å². The summed E-state index contributed by atoms with van der Waals surface area (Å²) in [6.45, 7) is 5.72. The average Bonchev–Trinajstić information content (AvgIpc) is 3.16. The summed E-state index contributed by atoms with van der Waals surface area (Å²) >= 11 is 0. The Labute approximate surface area is 191 Å². The molecule has 12 heteroatoms. The molecule has 3 aromatic rings. The van der Waals surface area contributed by atoms with Crippen LogP contribution in [0, 0.1) is 0 Å². The predicted octanol–water partition coefficient (Wildman–Crippen LogP) is 1.50. The van der Waals surface area contributed by atoms with Gasteiger partial charge in [0.2, 0.25) is 15.9 Å². The Morgan fingerprint density at radius 3 is 2.39 bits per heavy atom. The van der Waals surface area contributed by atoms with Crippen LogP contribution in [-0.2, 0) is 21.4 Å². The molecule has 0 radical (unpaired) electrons. The second kappa shape index (κ2) is 10.4. The number of benzene rings is 2. The Morgan fingerprint density at radius 2 is 1.76 bits per heavy atom. The van der Waals surface area contributed by atoms with E-state index in [0.29, 0.717) is 18.8 Å². The fraction of sp³-hybridized carbons (Fsp3) is 0.333. The van der Waals surface area contributed by atoms with Gasteiger partial charge in [-0.05, 0) is 47.7 Å². The maximum Gasteiger partial charge on any atom is 0.368 e. The van der Waals surface area contributed by atoms with Gasteiger partial charge in [-0.15, -0.1) is 0 Å². The van der Waals surface area contributed by atoms with E-state index in [0.717, 1.165) is 9.36 Å². The number of carbonyl (C=O) groups excluding carboxylic acids is 1. The van der Waals surface area contributed by atoms with Gasteiger partial charge in [-0.25, -0.2) is 13.2 Å². The van der Waals surface area contributed by atoms with Crippen molar-refractivity contribution in [2.24, 2.45) is 0 Å². The summed E-state index contributed by atoms with van der Waals surface area (Å²) in [5, 5.41) is 10.2. The van der Waals surface area contributed by atoms with Crippen LogP contribution >= 0.6 is 0 Å². The summed E-state index contributed by atoms with van der Waals surface area (Å²) in [5.74, 6) is -0.364. The lowest BCUT2D eigenvalue weighted by atomic mass is 10.3. The molecule has 0 spiro atoms. The fourth-order valence-corrected chi connectivity index (χ4v) is 4.82. The first kappa shape index (κ1) is 24.1. The van der Waals surface area contributed by atoms with Crippen molar-refractivity contribution in [3.63, 3.8) is 0 Å². The third-order valence-electron chi connectivity index (χ3n) is 4.78. The number of sulfonamides is 1. The SMILES string of the molecule is CCOc1ccc(NC(=O)Cn2nnn(-c3ccccc3)c2=O)cc1S(=O)(=O)N(CC)CC. The molecule has 0 bridgehead atoms. The number of rotatable bonds is 10. The van der Waals surface area contributed by atoms with Gasteiger partial charge in [0.25, 0.3) is 0 Å². The summed E-state index contributed by atoms with van der Waals surface area (Å²) in [6, 6.07) is 13.1. The van der Waals surface area contributed by atoms with Gasteiger partial charge in [0.05, 0.1) is 12.3 Å². The van der Waals surface area contributed by atoms with Gasteiger partial charge in [-0.3, -0.25) is 4.79 Å². The molecule has 3 rings (SSSR count). The van der Waals surface area contributed by atoms with Gasteiger partial charge >= 0.3 is 5.69 Å². The first-order chi connectivity index (χ1) is 15.8. The zero-order chi connectivity index (χ0) is 24.0. The zero-order valence-electron chi connectivity index (χ0n) is 18.6. The number of anilines is 1. The maximum absolute atomic E-state index is 13.1. The van der Waals surface area contributed by atoms with Crippen molar-refractivity contribution in [3.8, 4) is 11.4 Å². The number of amides is 1. The second-order valence-electron chi connectivity index (χ2n) is 6.90. The lowest BCUT2D eigenvalue weighted by Crippen LogP contribution is -2.31. The van der Waals surface area contributed by atoms with Crippen molar-refractivity contribution in [3.05, 3.63) is 59.0 Å². The number of ether oxygens (including phenoxy) is 1. The Bertz CT molecular complexity index is 1270. The van der Waals surface area contributed by atoms with Crippen molar-refractivity contribution in [2.75, 3.05) is 25.0 Å². The van der Waals surface area contributed by atoms with Gasteiger partial charge in [-0.1, -0.05) is 32.0 Å². The van der Waals surface area contributed by atoms with Crippen LogP contribution in [0.1, 0.15) is 20.8 Å². The molecule has 1 N–H and O–H groups in total. The standard InChI is InChI=1S/C21H26N6O5S/c1-4-25(5-2)33(30,31)19-14-16(12-13-18(19)32-6-3)22-20(28)15-26-21(29)27(24-23-26)17-10-8-7-9-11-17/h7-14H,4-6,15H2,1-3H3,(H,22,28). The molecule has 0 aliphatic carbocycles. The molecule has 176 valence electrons. The van der Waals surface area contributed by atoms with E-state index in [1.165, 1.54) is 22.5 Å². The van der Waals surface area contributed by atoms with E-state index >= 15 is 0 Å². The summed E-state index contributed by atoms with van der Waals surface area (Å²) in [7, 11) is -3.83. The monoisotopic (exact) mass is 474 g/mol. The van der Waals surface area contributed by atoms with E-state index in [-0.39, 0.29) is 22.9 Å². The lowest BCUT2D eigenvalue weighted by molar-refractivity contribution is -0.117. The zero-order valence-corrected chi connectivity index (χ0v) is 19.4. The summed E-state index contributed by atoms with van der Waals surface area (Å²) in [6.07, 6.45) is 0. The molecule has 1 heterocycles. The first-order valence-electron chi connectivity index (χ1n) is 10.5. The minimum Gasteiger partial charge on any atom is -0.492 e. The highest BCUT2D eigenvalue weighted by Gasteiger charge is 2.26. The number of carbonyl (C=O) groups is 1. The van der Waals surface area contributed by atoms with Gasteiger partial charge in [-0.2, -0.15) is 13.7 Å². The molecule has 1 amide bonds. The molecule has 1 aromatic heterocycles. The largest absolute Gasteiger partial charge is 0.492 e. The van der Waals surface area contributed by atoms with Gasteiger partial charge in [0.1, 0.15) is 17.2 Å². The lowest BCUT2D eigenvalue weighted by Gasteiger charge is -2.21. The molecule has 0 atom stereocenters. The summed E-state index contributed by atoms with van der Waals surface area (Å²) < 4.78 is 34.9. The predicted molar refractivity (Wildman–Crippen MR) is 122 cm³/mol. The normalized spacial score (nSPS) is 11.5. The van der Waals surface area contributed by atoms with Gasteiger partial charge in [0, 0.05) is 18.8 Å². The van der Waals surface area contributed by atoms with Crippen LogP contribution in [0.25, 0.3) is 5.69 Å². The van der Waals surface area contributed by atoms with Crippen LogP contribution in [0.2, 0.25) is 0 Å². The Morgan fingerprint density at radius 1 is 1.06 bits per heavy atom. The van der Waals surface area contributed by atoms with E-state index in [9.17, 15) is 18.0 Å². The van der Waals surface area contributed by atoms with E-state index in [1.54, 1.807) is 51.1 Å². The number of aromatic nitrogens is 4. The molecule has 0 saturated heterocycles. The minimum absolute atomic E-state index is 0.0435. The highest BCUT2D eigenvalue weighted by atomic mass is 32.2. The maximum atomic E-state index is 13.1. The van der Waals surface area contributed by atoms with Crippen LogP contribution in [0.4, 0.5) is 5.69 Å². The average molecular weight is 475 g/mol. The molecule has 2 aromatic carbocycles. The van der Waals surface area contributed by atoms with Gasteiger partial charge < -0.3 is 10.1 Å². The molecule has 0 aliphatic heterocycles. The van der Waals surface area contributed by atoms with E-state index in [4.69, 9.17) is 4.74 Å². The van der Waals surface area contributed by atoms with E-state index < -0.39 is 28.2 Å². The summed E-state index contributed by atoms with van der Waals surface area (Å²) in [4.78, 5) is 25.0. The van der Waals surface area contributed by atoms with Crippen molar-refractivity contribution in [1.29, 1.82) is 0 Å². The number of hydrogen-bond acceptors (Lipinski definition) is 7. The number of tetrazole rings is 1. The third kappa shape index (κ3) is 5.29. The van der Waals surface area contributed by atoms with Crippen LogP contribution in [0.15, 0.2) is 58.2 Å². The molecular formula is C21H26N6O5S. The molecule has 0 saturated carbocycles. The Hall–Kier alpha value is -3.51. The molecule has 0 aliphatic rings. The van der Waals surface area contributed by atoms with Crippen molar-refractivity contribution < 1.29 is 17.9 Å². The fourth-order valence-electron chi connectivity index (χ4n) is 3.21. The molecule has 0 unspecified atom stereocenters. The molecule has 0 fully saturated rings. The van der Waals surface area contributed by atoms with Crippen LogP contribution < -0.4 is 15.7 Å². The first-order valence-corrected chi connectivity index (χ1v) is 11.9. The Kier molecular flexibility index (Phi) is 7.61. The molecular weight excluding hydrogens is 448 g/mol. The van der Waals surface area contributed by atoms with Crippen LogP contribution in [-0.4, -0.2) is 58.1 Å². The van der Waals surface area contributed by atoms with E-state index in [1.807, 2.05) is 0 Å². The highest BCUT2D eigenvalue weighted by Crippen LogP contribution is 2.30. The molecule has 11 nitrogen and oxygen atoms in total. The third-order valence-corrected chi connectivity index (χ3v) is 6.86. The highest BCUT2D eigenvalue weighted by molar-refractivity contribution is 7.89. The van der Waals surface area contributed by atoms with Gasteiger partial charge in [0.15, 0.2) is 0 Å². The van der Waals surface area contributed by atoms with Crippen molar-refractivity contribution in [2.45, 2.75) is 32.2 Å². The smallest absolute Gasteiger partial charge is 0.368 e. The van der Waals surface area contributed by atoms with E-state index in [2.05, 4.69) is 15.7 Å². The second-order valence-corrected chi connectivity index (χ2v) is 8.80. The number of nitrogens with one attached hydrogen (secondary N) is 1. The van der Waals surface area contributed by atoms with Crippen molar-refractivity contribution in [1.82, 2.24) is 24.1 Å². The summed E-state index contributed by atoms with van der Waals surface area (Å²) in [5.41, 5.74) is 0.192. The number of hydrogen-bond donors (Lipinski definition) is 1.